The Labute approximate surface area is 119 Å². The molecular formula is C14H22ClN3O. The van der Waals surface area contributed by atoms with Crippen LogP contribution >= 0.6 is 11.6 Å². The molecule has 19 heavy (non-hydrogen) atoms. The summed E-state index contributed by atoms with van der Waals surface area (Å²) in [6.45, 7) is 1.97. The van der Waals surface area contributed by atoms with E-state index in [0.717, 1.165) is 24.2 Å². The summed E-state index contributed by atoms with van der Waals surface area (Å²) in [4.78, 5) is 4.38. The van der Waals surface area contributed by atoms with Crippen molar-refractivity contribution in [3.8, 4) is 0 Å². The fourth-order valence-corrected chi connectivity index (χ4v) is 3.05. The van der Waals surface area contributed by atoms with Crippen LogP contribution in [-0.2, 0) is 6.54 Å². The zero-order chi connectivity index (χ0) is 14.0. The molecule has 0 aliphatic carbocycles. The van der Waals surface area contributed by atoms with Crippen LogP contribution in [0.4, 0.5) is 5.69 Å². The molecular weight excluding hydrogens is 262 g/mol. The number of aliphatic hydroxyl groups is 1. The standard InChI is InChI=1S/C14H22ClN3O/c1-17(2)8-10-6-11(19)9-18(10)14-5-3-4-13(15)12(14)7-16/h3-5,10-11,19H,6-9,16H2,1-2H3. The van der Waals surface area contributed by atoms with Crippen molar-refractivity contribution >= 4 is 17.3 Å². The maximum Gasteiger partial charge on any atom is 0.0735 e. The third-order valence-corrected chi connectivity index (χ3v) is 3.93. The first-order valence-electron chi connectivity index (χ1n) is 6.59. The summed E-state index contributed by atoms with van der Waals surface area (Å²) in [5, 5.41) is 10.7. The topological polar surface area (TPSA) is 52.7 Å². The second kappa shape index (κ2) is 6.09. The highest BCUT2D eigenvalue weighted by Gasteiger charge is 2.32. The molecule has 1 aromatic carbocycles. The van der Waals surface area contributed by atoms with Gasteiger partial charge in [-0.3, -0.25) is 0 Å². The van der Waals surface area contributed by atoms with E-state index in [1.165, 1.54) is 0 Å². The fourth-order valence-electron chi connectivity index (χ4n) is 2.80. The Morgan fingerprint density at radius 1 is 1.47 bits per heavy atom. The van der Waals surface area contributed by atoms with E-state index >= 15 is 0 Å². The van der Waals surface area contributed by atoms with Crippen LogP contribution in [-0.4, -0.2) is 49.3 Å². The Morgan fingerprint density at radius 2 is 2.21 bits per heavy atom. The maximum absolute atomic E-state index is 9.95. The van der Waals surface area contributed by atoms with E-state index in [1.54, 1.807) is 0 Å². The van der Waals surface area contributed by atoms with Gasteiger partial charge in [0.2, 0.25) is 0 Å². The number of hydrogen-bond acceptors (Lipinski definition) is 4. The number of halogens is 1. The van der Waals surface area contributed by atoms with Crippen LogP contribution in [0.15, 0.2) is 18.2 Å². The average Bonchev–Trinajstić information content (AvgIpc) is 2.68. The minimum Gasteiger partial charge on any atom is -0.391 e. The first-order chi connectivity index (χ1) is 9.02. The largest absolute Gasteiger partial charge is 0.391 e. The molecule has 1 heterocycles. The summed E-state index contributed by atoms with van der Waals surface area (Å²) in [5.74, 6) is 0. The lowest BCUT2D eigenvalue weighted by Gasteiger charge is -2.30. The number of aliphatic hydroxyl groups excluding tert-OH is 1. The van der Waals surface area contributed by atoms with E-state index < -0.39 is 0 Å². The Hall–Kier alpha value is -0.810. The van der Waals surface area contributed by atoms with Crippen LogP contribution < -0.4 is 10.6 Å². The van der Waals surface area contributed by atoms with Crippen LogP contribution in [0.2, 0.25) is 5.02 Å². The Balaban J connectivity index is 2.31. The van der Waals surface area contributed by atoms with Crippen molar-refractivity contribution in [2.45, 2.75) is 25.1 Å². The molecule has 2 rings (SSSR count). The predicted octanol–water partition coefficient (Wildman–Crippen LogP) is 1.30. The number of β-amino-alcohol motifs (C(OH)–C–C–N with tert-alkyl or cyclic N) is 1. The summed E-state index contributed by atoms with van der Waals surface area (Å²) in [6.07, 6.45) is 0.504. The van der Waals surface area contributed by atoms with Gasteiger partial charge in [-0.15, -0.1) is 0 Å². The molecule has 1 aliphatic rings. The van der Waals surface area contributed by atoms with Gasteiger partial charge in [-0.25, -0.2) is 0 Å². The van der Waals surface area contributed by atoms with E-state index in [-0.39, 0.29) is 6.10 Å². The number of nitrogens with two attached hydrogens (primary N) is 1. The van der Waals surface area contributed by atoms with E-state index in [1.807, 2.05) is 32.3 Å². The molecule has 1 saturated heterocycles. The first-order valence-corrected chi connectivity index (χ1v) is 6.97. The zero-order valence-electron chi connectivity index (χ0n) is 11.5. The monoisotopic (exact) mass is 283 g/mol. The molecule has 0 aromatic heterocycles. The molecule has 0 radical (unpaired) electrons. The van der Waals surface area contributed by atoms with Gasteiger partial charge in [0.05, 0.1) is 6.10 Å². The van der Waals surface area contributed by atoms with Gasteiger partial charge in [0.25, 0.3) is 0 Å². The Bertz CT molecular complexity index is 439. The fraction of sp³-hybridized carbons (Fsp3) is 0.571. The SMILES string of the molecule is CN(C)CC1CC(O)CN1c1cccc(Cl)c1CN. The number of hydrogen-bond donors (Lipinski definition) is 2. The van der Waals surface area contributed by atoms with Crippen molar-refractivity contribution in [2.75, 3.05) is 32.1 Å². The second-order valence-electron chi connectivity index (χ2n) is 5.40. The highest BCUT2D eigenvalue weighted by atomic mass is 35.5. The molecule has 1 fully saturated rings. The van der Waals surface area contributed by atoms with Crippen molar-refractivity contribution < 1.29 is 5.11 Å². The van der Waals surface area contributed by atoms with Gasteiger partial charge in [-0.2, -0.15) is 0 Å². The predicted molar refractivity (Wildman–Crippen MR) is 79.7 cm³/mol. The van der Waals surface area contributed by atoms with Crippen LogP contribution in [0.5, 0.6) is 0 Å². The van der Waals surface area contributed by atoms with E-state index in [9.17, 15) is 5.11 Å². The quantitative estimate of drug-likeness (QED) is 0.875. The molecule has 106 valence electrons. The molecule has 2 atom stereocenters. The number of benzene rings is 1. The number of anilines is 1. The molecule has 0 spiro atoms. The molecule has 0 saturated carbocycles. The van der Waals surface area contributed by atoms with Gasteiger partial charge in [0, 0.05) is 41.9 Å². The van der Waals surface area contributed by atoms with Crippen molar-refractivity contribution in [1.82, 2.24) is 4.90 Å². The zero-order valence-corrected chi connectivity index (χ0v) is 12.3. The Morgan fingerprint density at radius 3 is 2.84 bits per heavy atom. The van der Waals surface area contributed by atoms with Crippen LogP contribution in [0, 0.1) is 0 Å². The molecule has 5 heteroatoms. The molecule has 3 N–H and O–H groups in total. The Kier molecular flexibility index (Phi) is 4.68. The van der Waals surface area contributed by atoms with Gasteiger partial charge in [-0.1, -0.05) is 17.7 Å². The third kappa shape index (κ3) is 3.20. The maximum atomic E-state index is 9.95. The molecule has 1 aromatic rings. The van der Waals surface area contributed by atoms with Crippen molar-refractivity contribution in [3.05, 3.63) is 28.8 Å². The van der Waals surface area contributed by atoms with Crippen LogP contribution in [0.1, 0.15) is 12.0 Å². The summed E-state index contributed by atoms with van der Waals surface area (Å²) in [6, 6.07) is 6.14. The van der Waals surface area contributed by atoms with Gasteiger partial charge < -0.3 is 20.6 Å². The third-order valence-electron chi connectivity index (χ3n) is 3.58. The summed E-state index contributed by atoms with van der Waals surface area (Å²) in [7, 11) is 4.09. The lowest BCUT2D eigenvalue weighted by molar-refractivity contribution is 0.191. The summed E-state index contributed by atoms with van der Waals surface area (Å²) in [5.41, 5.74) is 7.83. The van der Waals surface area contributed by atoms with E-state index in [0.29, 0.717) is 24.2 Å². The minimum atomic E-state index is -0.283. The number of nitrogens with zero attached hydrogens (tertiary/aromatic N) is 2. The smallest absolute Gasteiger partial charge is 0.0735 e. The van der Waals surface area contributed by atoms with Crippen molar-refractivity contribution in [1.29, 1.82) is 0 Å². The van der Waals surface area contributed by atoms with E-state index in [2.05, 4.69) is 9.80 Å². The number of likely N-dealkylation sites (N-methyl/N-ethyl adjacent to an activating group) is 1. The van der Waals surface area contributed by atoms with Gasteiger partial charge >= 0.3 is 0 Å². The minimum absolute atomic E-state index is 0.283. The highest BCUT2D eigenvalue weighted by molar-refractivity contribution is 6.31. The van der Waals surface area contributed by atoms with Gasteiger partial charge in [0.15, 0.2) is 0 Å². The summed E-state index contributed by atoms with van der Waals surface area (Å²) >= 11 is 6.22. The molecule has 0 bridgehead atoms. The average molecular weight is 284 g/mol. The van der Waals surface area contributed by atoms with Crippen molar-refractivity contribution in [3.63, 3.8) is 0 Å². The second-order valence-corrected chi connectivity index (χ2v) is 5.81. The van der Waals surface area contributed by atoms with Crippen molar-refractivity contribution in [2.24, 2.45) is 5.73 Å². The lowest BCUT2D eigenvalue weighted by atomic mass is 10.1. The molecule has 2 unspecified atom stereocenters. The van der Waals surface area contributed by atoms with Gasteiger partial charge in [-0.05, 0) is 32.6 Å². The van der Waals surface area contributed by atoms with E-state index in [4.69, 9.17) is 17.3 Å². The van der Waals surface area contributed by atoms with Gasteiger partial charge in [0.1, 0.15) is 0 Å². The molecule has 0 amide bonds. The number of rotatable bonds is 4. The van der Waals surface area contributed by atoms with Crippen LogP contribution in [0.3, 0.4) is 0 Å². The van der Waals surface area contributed by atoms with Crippen LogP contribution in [0.25, 0.3) is 0 Å². The molecule has 4 nitrogen and oxygen atoms in total. The molecule has 1 aliphatic heterocycles. The normalized spacial score (nSPS) is 23.4. The highest BCUT2D eigenvalue weighted by Crippen LogP contribution is 2.32. The lowest BCUT2D eigenvalue weighted by Crippen LogP contribution is -2.38. The summed E-state index contributed by atoms with van der Waals surface area (Å²) < 4.78 is 0. The first kappa shape index (κ1) is 14.6.